The molecule has 0 spiro atoms. The summed E-state index contributed by atoms with van der Waals surface area (Å²) in [6, 6.07) is 20.6. The number of hydrogen-bond acceptors (Lipinski definition) is 3. The minimum atomic E-state index is -0.601. The molecular formula is C25H21FN2O3. The number of rotatable bonds is 4. The van der Waals surface area contributed by atoms with Crippen molar-refractivity contribution in [3.63, 3.8) is 0 Å². The first-order valence-electron chi connectivity index (χ1n) is 9.94. The van der Waals surface area contributed by atoms with E-state index in [0.29, 0.717) is 29.7 Å². The van der Waals surface area contributed by atoms with Gasteiger partial charge in [-0.1, -0.05) is 54.6 Å². The molecule has 1 aliphatic heterocycles. The predicted molar refractivity (Wildman–Crippen MR) is 116 cm³/mol. The Labute approximate surface area is 179 Å². The molecule has 0 bridgehead atoms. The Hall–Kier alpha value is -3.77. The van der Waals surface area contributed by atoms with Gasteiger partial charge in [-0.25, -0.2) is 9.87 Å². The van der Waals surface area contributed by atoms with Crippen molar-refractivity contribution in [2.45, 2.75) is 13.0 Å². The summed E-state index contributed by atoms with van der Waals surface area (Å²) in [5, 5.41) is 9.07. The van der Waals surface area contributed by atoms with Gasteiger partial charge in [-0.05, 0) is 52.9 Å². The highest BCUT2D eigenvalue weighted by atomic mass is 19.1. The molecule has 0 atom stereocenters. The second-order valence-electron chi connectivity index (χ2n) is 7.34. The van der Waals surface area contributed by atoms with Gasteiger partial charge in [0.05, 0.1) is 0 Å². The van der Waals surface area contributed by atoms with E-state index in [4.69, 9.17) is 5.21 Å². The molecule has 6 heteroatoms. The van der Waals surface area contributed by atoms with Crippen LogP contribution in [0, 0.1) is 5.82 Å². The van der Waals surface area contributed by atoms with Gasteiger partial charge in [0.15, 0.2) is 0 Å². The highest BCUT2D eigenvalue weighted by Crippen LogP contribution is 2.27. The van der Waals surface area contributed by atoms with Gasteiger partial charge >= 0.3 is 0 Å². The third kappa shape index (κ3) is 4.39. The molecule has 0 aromatic heterocycles. The van der Waals surface area contributed by atoms with Crippen molar-refractivity contribution in [1.29, 1.82) is 0 Å². The molecule has 0 radical (unpaired) electrons. The van der Waals surface area contributed by atoms with Crippen molar-refractivity contribution in [1.82, 2.24) is 10.4 Å². The van der Waals surface area contributed by atoms with Crippen LogP contribution >= 0.6 is 0 Å². The fourth-order valence-electron chi connectivity index (χ4n) is 3.81. The van der Waals surface area contributed by atoms with Crippen LogP contribution < -0.4 is 5.48 Å². The Morgan fingerprint density at radius 1 is 0.968 bits per heavy atom. The lowest BCUT2D eigenvalue weighted by Gasteiger charge is -2.31. The maximum Gasteiger partial charge on any atom is 0.274 e. The van der Waals surface area contributed by atoms with Crippen molar-refractivity contribution in [3.05, 3.63) is 106 Å². The number of benzene rings is 3. The minimum Gasteiger partial charge on any atom is -0.334 e. The van der Waals surface area contributed by atoms with Crippen LogP contribution in [0.1, 0.15) is 32.6 Å². The molecule has 1 aliphatic rings. The molecule has 0 unspecified atom stereocenters. The summed E-state index contributed by atoms with van der Waals surface area (Å²) in [5.74, 6) is -1.12. The van der Waals surface area contributed by atoms with E-state index in [1.165, 1.54) is 12.1 Å². The summed E-state index contributed by atoms with van der Waals surface area (Å²) in [4.78, 5) is 27.3. The average molecular weight is 416 g/mol. The summed E-state index contributed by atoms with van der Waals surface area (Å²) in [6.45, 7) is 0.759. The lowest BCUT2D eigenvalue weighted by atomic mass is 9.93. The summed E-state index contributed by atoms with van der Waals surface area (Å²) >= 11 is 0. The van der Waals surface area contributed by atoms with Gasteiger partial charge in [0.2, 0.25) is 0 Å². The second kappa shape index (κ2) is 8.93. The Bertz CT molecular complexity index is 1140. The zero-order valence-electron chi connectivity index (χ0n) is 16.7. The summed E-state index contributed by atoms with van der Waals surface area (Å²) in [6.07, 6.45) is 2.35. The van der Waals surface area contributed by atoms with Crippen molar-refractivity contribution in [3.8, 4) is 0 Å². The van der Waals surface area contributed by atoms with Crippen LogP contribution in [0.2, 0.25) is 0 Å². The standard InChI is InChI=1S/C25H21FN2O3/c26-20-11-9-17(10-12-20)15-22(18-5-2-1-3-6-18)25(30)28-14-13-19-7-4-8-21(23(19)16-28)24(29)27-31/h1-12,15,31H,13-14,16H2,(H,27,29)/b22-15+. The largest absolute Gasteiger partial charge is 0.334 e. The summed E-state index contributed by atoms with van der Waals surface area (Å²) in [7, 11) is 0. The number of fused-ring (bicyclic) bond motifs is 1. The Kier molecular flexibility index (Phi) is 5.91. The molecule has 5 nitrogen and oxygen atoms in total. The molecule has 156 valence electrons. The Morgan fingerprint density at radius 3 is 2.42 bits per heavy atom. The van der Waals surface area contributed by atoms with Crippen LogP contribution in [-0.4, -0.2) is 28.5 Å². The normalized spacial score (nSPS) is 13.5. The molecular weight excluding hydrogens is 395 g/mol. The van der Waals surface area contributed by atoms with Crippen LogP contribution in [0.3, 0.4) is 0 Å². The van der Waals surface area contributed by atoms with Gasteiger partial charge in [-0.3, -0.25) is 14.8 Å². The Morgan fingerprint density at radius 2 is 1.71 bits per heavy atom. The molecule has 4 rings (SSSR count). The van der Waals surface area contributed by atoms with E-state index >= 15 is 0 Å². The highest BCUT2D eigenvalue weighted by Gasteiger charge is 2.27. The number of amides is 2. The van der Waals surface area contributed by atoms with E-state index in [1.807, 2.05) is 36.4 Å². The van der Waals surface area contributed by atoms with E-state index in [0.717, 1.165) is 16.7 Å². The molecule has 31 heavy (non-hydrogen) atoms. The van der Waals surface area contributed by atoms with Gasteiger partial charge in [-0.2, -0.15) is 0 Å². The lowest BCUT2D eigenvalue weighted by molar-refractivity contribution is -0.125. The van der Waals surface area contributed by atoms with Crippen molar-refractivity contribution in [2.24, 2.45) is 0 Å². The fraction of sp³-hybridized carbons (Fsp3) is 0.120. The number of carbonyl (C=O) groups is 2. The van der Waals surface area contributed by atoms with Crippen LogP contribution in [0.4, 0.5) is 4.39 Å². The fourth-order valence-corrected chi connectivity index (χ4v) is 3.81. The van der Waals surface area contributed by atoms with Gasteiger partial charge in [-0.15, -0.1) is 0 Å². The lowest BCUT2D eigenvalue weighted by Crippen LogP contribution is -2.37. The molecule has 3 aromatic rings. The van der Waals surface area contributed by atoms with Gasteiger partial charge in [0.25, 0.3) is 11.8 Å². The maximum absolute atomic E-state index is 13.6. The first-order chi connectivity index (χ1) is 15.1. The smallest absolute Gasteiger partial charge is 0.274 e. The third-order valence-electron chi connectivity index (χ3n) is 5.40. The number of hydroxylamine groups is 1. The molecule has 1 heterocycles. The van der Waals surface area contributed by atoms with Crippen LogP contribution in [0.15, 0.2) is 72.8 Å². The quantitative estimate of drug-likeness (QED) is 0.292. The van der Waals surface area contributed by atoms with Crippen molar-refractivity contribution < 1.29 is 19.2 Å². The molecule has 0 saturated heterocycles. The zero-order chi connectivity index (χ0) is 21.8. The predicted octanol–water partition coefficient (Wildman–Crippen LogP) is 4.07. The van der Waals surface area contributed by atoms with Crippen LogP contribution in [0.25, 0.3) is 11.6 Å². The molecule has 2 amide bonds. The van der Waals surface area contributed by atoms with Gasteiger partial charge in [0, 0.05) is 24.2 Å². The average Bonchev–Trinajstić information content (AvgIpc) is 2.82. The minimum absolute atomic E-state index is 0.180. The number of carbonyl (C=O) groups excluding carboxylic acids is 2. The molecule has 0 aliphatic carbocycles. The Balaban J connectivity index is 1.70. The second-order valence-corrected chi connectivity index (χ2v) is 7.34. The number of hydrogen-bond donors (Lipinski definition) is 2. The van der Waals surface area contributed by atoms with E-state index in [2.05, 4.69) is 0 Å². The number of halogens is 1. The topological polar surface area (TPSA) is 69.6 Å². The zero-order valence-corrected chi connectivity index (χ0v) is 16.7. The highest BCUT2D eigenvalue weighted by molar-refractivity contribution is 6.24. The van der Waals surface area contributed by atoms with Gasteiger partial charge < -0.3 is 4.90 Å². The van der Waals surface area contributed by atoms with E-state index in [-0.39, 0.29) is 18.3 Å². The SMILES string of the molecule is O=C(NO)c1cccc2c1CN(C(=O)/C(=C/c1ccc(F)cc1)c1ccccc1)CC2. The summed E-state index contributed by atoms with van der Waals surface area (Å²) in [5.41, 5.74) is 5.68. The third-order valence-corrected chi connectivity index (χ3v) is 5.40. The maximum atomic E-state index is 13.6. The first-order valence-corrected chi connectivity index (χ1v) is 9.94. The molecule has 3 aromatic carbocycles. The van der Waals surface area contributed by atoms with Crippen LogP contribution in [0.5, 0.6) is 0 Å². The van der Waals surface area contributed by atoms with E-state index < -0.39 is 5.91 Å². The number of nitrogens with one attached hydrogen (secondary N) is 1. The van der Waals surface area contributed by atoms with E-state index in [1.54, 1.807) is 40.7 Å². The first kappa shape index (κ1) is 20.5. The summed E-state index contributed by atoms with van der Waals surface area (Å²) < 4.78 is 13.3. The monoisotopic (exact) mass is 416 g/mol. The van der Waals surface area contributed by atoms with Gasteiger partial charge in [0.1, 0.15) is 5.82 Å². The van der Waals surface area contributed by atoms with Crippen LogP contribution in [-0.2, 0) is 17.8 Å². The van der Waals surface area contributed by atoms with E-state index in [9.17, 15) is 14.0 Å². The van der Waals surface area contributed by atoms with Crippen molar-refractivity contribution >= 4 is 23.5 Å². The molecule has 0 fully saturated rings. The molecule has 2 N–H and O–H groups in total. The number of nitrogens with zero attached hydrogens (tertiary/aromatic N) is 1. The van der Waals surface area contributed by atoms with Crippen molar-refractivity contribution in [2.75, 3.05) is 6.54 Å². The molecule has 0 saturated carbocycles.